The van der Waals surface area contributed by atoms with Crippen molar-refractivity contribution in [3.05, 3.63) is 71.1 Å². The number of benzene rings is 2. The molecule has 2 aromatic carbocycles. The van der Waals surface area contributed by atoms with Gasteiger partial charge in [-0.2, -0.15) is 5.10 Å². The van der Waals surface area contributed by atoms with Crippen LogP contribution in [0.1, 0.15) is 15.2 Å². The Morgan fingerprint density at radius 3 is 2.60 bits per heavy atom. The van der Waals surface area contributed by atoms with Gasteiger partial charge in [0.25, 0.3) is 5.91 Å². The minimum atomic E-state index is -0.182. The van der Waals surface area contributed by atoms with Crippen LogP contribution in [-0.4, -0.2) is 12.1 Å². The van der Waals surface area contributed by atoms with Gasteiger partial charge in [0.2, 0.25) is 0 Å². The molecule has 0 aliphatic heterocycles. The number of amides is 1. The van der Waals surface area contributed by atoms with Crippen LogP contribution in [0.15, 0.2) is 65.8 Å². The number of nitrogens with zero attached hydrogens (tertiary/aromatic N) is 1. The van der Waals surface area contributed by atoms with E-state index in [0.29, 0.717) is 4.88 Å². The van der Waals surface area contributed by atoms with Crippen molar-refractivity contribution in [2.45, 2.75) is 0 Å². The SMILES string of the molecule is O=C(NN=Cc1ccccc1)c1cc2ccccc2s1. The molecule has 20 heavy (non-hydrogen) atoms. The molecule has 1 heterocycles. The number of carbonyl (C=O) groups is 1. The van der Waals surface area contributed by atoms with Crippen molar-refractivity contribution < 1.29 is 4.79 Å². The molecule has 0 atom stereocenters. The van der Waals surface area contributed by atoms with Gasteiger partial charge in [-0.25, -0.2) is 5.43 Å². The first-order valence-corrected chi connectivity index (χ1v) is 7.01. The molecule has 0 spiro atoms. The second kappa shape index (κ2) is 5.67. The molecule has 3 aromatic rings. The molecule has 3 nitrogen and oxygen atoms in total. The van der Waals surface area contributed by atoms with E-state index in [9.17, 15) is 4.79 Å². The predicted octanol–water partition coefficient (Wildman–Crippen LogP) is 3.67. The molecule has 0 radical (unpaired) electrons. The molecule has 0 fully saturated rings. The summed E-state index contributed by atoms with van der Waals surface area (Å²) >= 11 is 1.47. The summed E-state index contributed by atoms with van der Waals surface area (Å²) in [6, 6.07) is 19.5. The highest BCUT2D eigenvalue weighted by atomic mass is 32.1. The van der Waals surface area contributed by atoms with Crippen LogP contribution in [0.25, 0.3) is 10.1 Å². The fourth-order valence-corrected chi connectivity index (χ4v) is 2.81. The van der Waals surface area contributed by atoms with Crippen molar-refractivity contribution in [2.75, 3.05) is 0 Å². The van der Waals surface area contributed by atoms with Crippen molar-refractivity contribution >= 4 is 33.5 Å². The Hall–Kier alpha value is -2.46. The van der Waals surface area contributed by atoms with E-state index in [0.717, 1.165) is 15.6 Å². The number of rotatable bonds is 3. The molecule has 0 unspecified atom stereocenters. The van der Waals surface area contributed by atoms with Crippen LogP contribution < -0.4 is 5.43 Å². The first kappa shape index (κ1) is 12.6. The molecule has 0 saturated heterocycles. The minimum Gasteiger partial charge on any atom is -0.266 e. The van der Waals surface area contributed by atoms with Gasteiger partial charge in [-0.15, -0.1) is 11.3 Å². The summed E-state index contributed by atoms with van der Waals surface area (Å²) in [5.74, 6) is -0.182. The fraction of sp³-hybridized carbons (Fsp3) is 0. The van der Waals surface area contributed by atoms with Gasteiger partial charge in [0.1, 0.15) is 0 Å². The first-order valence-electron chi connectivity index (χ1n) is 6.20. The maximum atomic E-state index is 12.0. The smallest absolute Gasteiger partial charge is 0.266 e. The maximum Gasteiger partial charge on any atom is 0.281 e. The minimum absolute atomic E-state index is 0.182. The Bertz CT molecular complexity index is 729. The zero-order chi connectivity index (χ0) is 13.8. The fourth-order valence-electron chi connectivity index (χ4n) is 1.85. The van der Waals surface area contributed by atoms with Gasteiger partial charge < -0.3 is 0 Å². The number of nitrogens with one attached hydrogen (secondary N) is 1. The highest BCUT2D eigenvalue weighted by molar-refractivity contribution is 7.20. The molecule has 1 amide bonds. The van der Waals surface area contributed by atoms with Crippen LogP contribution in [0.4, 0.5) is 0 Å². The van der Waals surface area contributed by atoms with Crippen molar-refractivity contribution in [3.8, 4) is 0 Å². The average Bonchev–Trinajstić information content (AvgIpc) is 2.92. The van der Waals surface area contributed by atoms with Crippen LogP contribution in [-0.2, 0) is 0 Å². The van der Waals surface area contributed by atoms with Gasteiger partial charge in [0.15, 0.2) is 0 Å². The normalized spacial score (nSPS) is 11.0. The summed E-state index contributed by atoms with van der Waals surface area (Å²) in [7, 11) is 0. The van der Waals surface area contributed by atoms with Gasteiger partial charge in [-0.3, -0.25) is 4.79 Å². The molecule has 0 aliphatic carbocycles. The topological polar surface area (TPSA) is 41.5 Å². The van der Waals surface area contributed by atoms with Crippen LogP contribution in [0.2, 0.25) is 0 Å². The molecule has 3 rings (SSSR count). The lowest BCUT2D eigenvalue weighted by Crippen LogP contribution is -2.16. The lowest BCUT2D eigenvalue weighted by molar-refractivity contribution is 0.0959. The second-order valence-corrected chi connectivity index (χ2v) is 5.34. The van der Waals surface area contributed by atoms with Crippen molar-refractivity contribution in [1.82, 2.24) is 5.43 Å². The number of hydrazone groups is 1. The van der Waals surface area contributed by atoms with Gasteiger partial charge >= 0.3 is 0 Å². The lowest BCUT2D eigenvalue weighted by atomic mass is 10.2. The van der Waals surface area contributed by atoms with Gasteiger partial charge in [0.05, 0.1) is 11.1 Å². The Kier molecular flexibility index (Phi) is 3.56. The molecule has 0 saturated carbocycles. The Labute approximate surface area is 120 Å². The number of carbonyl (C=O) groups excluding carboxylic acids is 1. The van der Waals surface area contributed by atoms with E-state index < -0.39 is 0 Å². The molecule has 98 valence electrons. The first-order chi connectivity index (χ1) is 9.83. The van der Waals surface area contributed by atoms with E-state index in [2.05, 4.69) is 10.5 Å². The lowest BCUT2D eigenvalue weighted by Gasteiger charge is -1.95. The summed E-state index contributed by atoms with van der Waals surface area (Å²) in [5, 5.41) is 5.05. The third-order valence-corrected chi connectivity index (χ3v) is 3.94. The summed E-state index contributed by atoms with van der Waals surface area (Å²) in [5.41, 5.74) is 3.50. The molecular weight excluding hydrogens is 268 g/mol. The van der Waals surface area contributed by atoms with E-state index in [4.69, 9.17) is 0 Å². The Morgan fingerprint density at radius 1 is 1.05 bits per heavy atom. The number of hydrogen-bond acceptors (Lipinski definition) is 3. The van der Waals surface area contributed by atoms with Gasteiger partial charge in [-0.1, -0.05) is 48.5 Å². The van der Waals surface area contributed by atoms with Crippen molar-refractivity contribution in [3.63, 3.8) is 0 Å². The van der Waals surface area contributed by atoms with Crippen molar-refractivity contribution in [2.24, 2.45) is 5.10 Å². The zero-order valence-electron chi connectivity index (χ0n) is 10.6. The van der Waals surface area contributed by atoms with Gasteiger partial charge in [-0.05, 0) is 23.1 Å². The third-order valence-electron chi connectivity index (χ3n) is 2.83. The van der Waals surface area contributed by atoms with Crippen LogP contribution in [0, 0.1) is 0 Å². The Morgan fingerprint density at radius 2 is 1.80 bits per heavy atom. The standard InChI is InChI=1S/C16H12N2OS/c19-16(18-17-11-12-6-2-1-3-7-12)15-10-13-8-4-5-9-14(13)20-15/h1-11H,(H,18,19). The largest absolute Gasteiger partial charge is 0.281 e. The quantitative estimate of drug-likeness (QED) is 0.577. The van der Waals surface area contributed by atoms with E-state index in [1.807, 2.05) is 60.7 Å². The third kappa shape index (κ3) is 2.75. The van der Waals surface area contributed by atoms with Crippen molar-refractivity contribution in [1.29, 1.82) is 0 Å². The molecule has 4 heteroatoms. The van der Waals surface area contributed by atoms with E-state index in [-0.39, 0.29) is 5.91 Å². The van der Waals surface area contributed by atoms with Crippen LogP contribution >= 0.6 is 11.3 Å². The number of thiophene rings is 1. The summed E-state index contributed by atoms with van der Waals surface area (Å²) in [6.07, 6.45) is 1.63. The highest BCUT2D eigenvalue weighted by Gasteiger charge is 2.08. The number of fused-ring (bicyclic) bond motifs is 1. The van der Waals surface area contributed by atoms with E-state index >= 15 is 0 Å². The Balaban J connectivity index is 1.71. The summed E-state index contributed by atoms with van der Waals surface area (Å²) in [6.45, 7) is 0. The highest BCUT2D eigenvalue weighted by Crippen LogP contribution is 2.24. The van der Waals surface area contributed by atoms with Crippen LogP contribution in [0.5, 0.6) is 0 Å². The zero-order valence-corrected chi connectivity index (χ0v) is 11.4. The second-order valence-electron chi connectivity index (χ2n) is 4.26. The molecule has 0 bridgehead atoms. The predicted molar refractivity (Wildman–Crippen MR) is 83.3 cm³/mol. The molecule has 1 aromatic heterocycles. The average molecular weight is 280 g/mol. The summed E-state index contributed by atoms with van der Waals surface area (Å²) < 4.78 is 1.10. The van der Waals surface area contributed by atoms with Crippen LogP contribution in [0.3, 0.4) is 0 Å². The maximum absolute atomic E-state index is 12.0. The number of hydrogen-bond donors (Lipinski definition) is 1. The monoisotopic (exact) mass is 280 g/mol. The van der Waals surface area contributed by atoms with E-state index in [1.54, 1.807) is 6.21 Å². The summed E-state index contributed by atoms with van der Waals surface area (Å²) in [4.78, 5) is 12.7. The molecular formula is C16H12N2OS. The molecule has 1 N–H and O–H groups in total. The van der Waals surface area contributed by atoms with E-state index in [1.165, 1.54) is 11.3 Å². The molecule has 0 aliphatic rings. The van der Waals surface area contributed by atoms with Gasteiger partial charge in [0, 0.05) is 4.70 Å².